The van der Waals surface area contributed by atoms with Gasteiger partial charge in [-0.2, -0.15) is 0 Å². The van der Waals surface area contributed by atoms with E-state index in [-0.39, 0.29) is 17.8 Å². The minimum absolute atomic E-state index is 0.0816. The van der Waals surface area contributed by atoms with Crippen LogP contribution >= 0.6 is 0 Å². The average Bonchev–Trinajstić information content (AvgIpc) is 3.13. The maximum Gasteiger partial charge on any atom is 0.233 e. The first-order chi connectivity index (χ1) is 11.1. The van der Waals surface area contributed by atoms with E-state index >= 15 is 0 Å². The van der Waals surface area contributed by atoms with Crippen LogP contribution in [0.15, 0.2) is 28.7 Å². The monoisotopic (exact) mass is 318 g/mol. The Morgan fingerprint density at radius 3 is 3.09 bits per heavy atom. The summed E-state index contributed by atoms with van der Waals surface area (Å²) >= 11 is 0. The third-order valence-electron chi connectivity index (χ3n) is 3.92. The number of aryl methyl sites for hydroxylation is 1. The standard InChI is InChI=1S/C16H19FN4O2/c1-11-19-20-16(23-11)14-6-3-8-21(14)9-7-15(22)18-13-5-2-4-12(17)10-13/h2,4-5,10,14H,3,6-9H2,1H3,(H,18,22)/t14-/m0/s1. The first kappa shape index (κ1) is 15.6. The van der Waals surface area contributed by atoms with Gasteiger partial charge in [0.2, 0.25) is 17.7 Å². The fourth-order valence-corrected chi connectivity index (χ4v) is 2.85. The number of nitrogens with zero attached hydrogens (tertiary/aromatic N) is 3. The van der Waals surface area contributed by atoms with Crippen molar-refractivity contribution >= 4 is 11.6 Å². The minimum atomic E-state index is -0.367. The van der Waals surface area contributed by atoms with Crippen LogP contribution in [0.1, 0.15) is 37.1 Å². The van der Waals surface area contributed by atoms with Crippen molar-refractivity contribution in [2.75, 3.05) is 18.4 Å². The molecular weight excluding hydrogens is 299 g/mol. The molecule has 1 N–H and O–H groups in total. The Bertz CT molecular complexity index is 688. The Kier molecular flexibility index (Phi) is 4.66. The van der Waals surface area contributed by atoms with Crippen molar-refractivity contribution in [1.29, 1.82) is 0 Å². The second-order valence-electron chi connectivity index (χ2n) is 5.66. The molecule has 1 amide bonds. The van der Waals surface area contributed by atoms with Crippen molar-refractivity contribution in [2.24, 2.45) is 0 Å². The predicted molar refractivity (Wildman–Crippen MR) is 82.2 cm³/mol. The maximum absolute atomic E-state index is 13.1. The largest absolute Gasteiger partial charge is 0.424 e. The highest BCUT2D eigenvalue weighted by molar-refractivity contribution is 5.90. The molecule has 1 atom stereocenters. The van der Waals surface area contributed by atoms with Crippen LogP contribution in [0.25, 0.3) is 0 Å². The smallest absolute Gasteiger partial charge is 0.233 e. The first-order valence-corrected chi connectivity index (χ1v) is 7.71. The van der Waals surface area contributed by atoms with Gasteiger partial charge in [0.1, 0.15) is 5.82 Å². The molecule has 0 saturated carbocycles. The summed E-state index contributed by atoms with van der Waals surface area (Å²) in [5, 5.41) is 10.7. The number of hydrogen-bond donors (Lipinski definition) is 1. The molecule has 7 heteroatoms. The van der Waals surface area contributed by atoms with Gasteiger partial charge in [0.15, 0.2) is 0 Å². The van der Waals surface area contributed by atoms with E-state index in [0.29, 0.717) is 30.4 Å². The summed E-state index contributed by atoms with van der Waals surface area (Å²) in [6.07, 6.45) is 2.32. The van der Waals surface area contributed by atoms with Gasteiger partial charge in [0.05, 0.1) is 6.04 Å². The van der Waals surface area contributed by atoms with E-state index in [2.05, 4.69) is 20.4 Å². The number of benzene rings is 1. The molecule has 1 aliphatic heterocycles. The maximum atomic E-state index is 13.1. The van der Waals surface area contributed by atoms with E-state index in [1.807, 2.05) is 0 Å². The van der Waals surface area contributed by atoms with Crippen LogP contribution in [0.4, 0.5) is 10.1 Å². The van der Waals surface area contributed by atoms with Crippen molar-refractivity contribution in [3.8, 4) is 0 Å². The molecule has 23 heavy (non-hydrogen) atoms. The summed E-state index contributed by atoms with van der Waals surface area (Å²) in [6.45, 7) is 3.27. The second-order valence-corrected chi connectivity index (χ2v) is 5.66. The lowest BCUT2D eigenvalue weighted by molar-refractivity contribution is -0.116. The zero-order chi connectivity index (χ0) is 16.2. The normalized spacial score (nSPS) is 18.3. The molecule has 3 rings (SSSR count). The SMILES string of the molecule is Cc1nnc([C@@H]2CCCN2CCC(=O)Nc2cccc(F)c2)o1. The summed E-state index contributed by atoms with van der Waals surface area (Å²) in [4.78, 5) is 14.2. The van der Waals surface area contributed by atoms with Crippen LogP contribution in [-0.4, -0.2) is 34.1 Å². The molecule has 0 radical (unpaired) electrons. The Hall–Kier alpha value is -2.28. The summed E-state index contributed by atoms with van der Waals surface area (Å²) in [5.74, 6) is 0.665. The number of nitrogens with one attached hydrogen (secondary N) is 1. The topological polar surface area (TPSA) is 71.3 Å². The Labute approximate surface area is 133 Å². The summed E-state index contributed by atoms with van der Waals surface area (Å²) in [6, 6.07) is 5.97. The lowest BCUT2D eigenvalue weighted by Gasteiger charge is -2.21. The molecule has 1 aromatic heterocycles. The molecule has 1 saturated heterocycles. The van der Waals surface area contributed by atoms with Crippen LogP contribution in [0, 0.1) is 12.7 Å². The third kappa shape index (κ3) is 3.92. The number of carbonyl (C=O) groups excluding carboxylic acids is 1. The Balaban J connectivity index is 1.54. The molecular formula is C16H19FN4O2. The lowest BCUT2D eigenvalue weighted by Crippen LogP contribution is -2.28. The van der Waals surface area contributed by atoms with Gasteiger partial charge >= 0.3 is 0 Å². The summed E-state index contributed by atoms with van der Waals surface area (Å²) in [5.41, 5.74) is 0.473. The van der Waals surface area contributed by atoms with Gasteiger partial charge in [-0.15, -0.1) is 10.2 Å². The number of likely N-dealkylation sites (tertiary alicyclic amines) is 1. The molecule has 1 fully saturated rings. The van der Waals surface area contributed by atoms with Crippen molar-refractivity contribution in [3.63, 3.8) is 0 Å². The quantitative estimate of drug-likeness (QED) is 0.918. The van der Waals surface area contributed by atoms with Gasteiger partial charge in [-0.1, -0.05) is 6.07 Å². The van der Waals surface area contributed by atoms with Gasteiger partial charge in [-0.05, 0) is 37.6 Å². The van der Waals surface area contributed by atoms with Crippen LogP contribution in [0.5, 0.6) is 0 Å². The van der Waals surface area contributed by atoms with Crippen LogP contribution in [-0.2, 0) is 4.79 Å². The zero-order valence-electron chi connectivity index (χ0n) is 13.0. The fraction of sp³-hybridized carbons (Fsp3) is 0.438. The molecule has 6 nitrogen and oxygen atoms in total. The number of rotatable bonds is 5. The van der Waals surface area contributed by atoms with Gasteiger partial charge in [0.25, 0.3) is 0 Å². The van der Waals surface area contributed by atoms with Crippen molar-refractivity contribution in [1.82, 2.24) is 15.1 Å². The second kappa shape index (κ2) is 6.87. The highest BCUT2D eigenvalue weighted by Crippen LogP contribution is 2.30. The Morgan fingerprint density at radius 1 is 1.48 bits per heavy atom. The van der Waals surface area contributed by atoms with E-state index in [1.165, 1.54) is 12.1 Å². The number of hydrogen-bond acceptors (Lipinski definition) is 5. The molecule has 2 aromatic rings. The van der Waals surface area contributed by atoms with Crippen LogP contribution in [0.2, 0.25) is 0 Å². The van der Waals surface area contributed by atoms with Crippen molar-refractivity contribution < 1.29 is 13.6 Å². The average molecular weight is 318 g/mol. The number of aromatic nitrogens is 2. The van der Waals surface area contributed by atoms with E-state index in [1.54, 1.807) is 19.1 Å². The molecule has 122 valence electrons. The predicted octanol–water partition coefficient (Wildman–Crippen LogP) is 2.68. The number of amides is 1. The third-order valence-corrected chi connectivity index (χ3v) is 3.92. The summed E-state index contributed by atoms with van der Waals surface area (Å²) < 4.78 is 18.6. The number of carbonyl (C=O) groups is 1. The molecule has 2 heterocycles. The van der Waals surface area contributed by atoms with Crippen LogP contribution < -0.4 is 5.32 Å². The first-order valence-electron chi connectivity index (χ1n) is 7.71. The lowest BCUT2D eigenvalue weighted by atomic mass is 10.2. The van der Waals surface area contributed by atoms with Gasteiger partial charge in [0, 0.05) is 25.6 Å². The van der Waals surface area contributed by atoms with Crippen molar-refractivity contribution in [2.45, 2.75) is 32.2 Å². The number of anilines is 1. The van der Waals surface area contributed by atoms with Gasteiger partial charge < -0.3 is 9.73 Å². The zero-order valence-corrected chi connectivity index (χ0v) is 13.0. The minimum Gasteiger partial charge on any atom is -0.424 e. The van der Waals surface area contributed by atoms with Crippen molar-refractivity contribution in [3.05, 3.63) is 41.9 Å². The van der Waals surface area contributed by atoms with E-state index in [0.717, 1.165) is 19.4 Å². The van der Waals surface area contributed by atoms with E-state index < -0.39 is 0 Å². The number of halogens is 1. The van der Waals surface area contributed by atoms with Gasteiger partial charge in [-0.25, -0.2) is 4.39 Å². The van der Waals surface area contributed by atoms with E-state index in [9.17, 15) is 9.18 Å². The molecule has 1 aliphatic rings. The Morgan fingerprint density at radius 2 is 2.35 bits per heavy atom. The van der Waals surface area contributed by atoms with E-state index in [4.69, 9.17) is 4.42 Å². The molecule has 0 unspecified atom stereocenters. The molecule has 0 bridgehead atoms. The fourth-order valence-electron chi connectivity index (χ4n) is 2.85. The van der Waals surface area contributed by atoms with Crippen LogP contribution in [0.3, 0.4) is 0 Å². The summed E-state index contributed by atoms with van der Waals surface area (Å²) in [7, 11) is 0. The molecule has 1 aromatic carbocycles. The highest BCUT2D eigenvalue weighted by atomic mass is 19.1. The molecule has 0 spiro atoms. The van der Waals surface area contributed by atoms with Gasteiger partial charge in [-0.3, -0.25) is 9.69 Å². The highest BCUT2D eigenvalue weighted by Gasteiger charge is 2.30. The molecule has 0 aliphatic carbocycles.